The van der Waals surface area contributed by atoms with Crippen LogP contribution in [-0.2, 0) is 16.1 Å². The zero-order valence-electron chi connectivity index (χ0n) is 12.1. The summed E-state index contributed by atoms with van der Waals surface area (Å²) in [6.45, 7) is 4.20. The first kappa shape index (κ1) is 15.9. The Bertz CT molecular complexity index is 598. The van der Waals surface area contributed by atoms with Crippen molar-refractivity contribution in [3.05, 3.63) is 24.3 Å². The number of para-hydroxylation sites is 2. The van der Waals surface area contributed by atoms with Crippen molar-refractivity contribution < 1.29 is 14.6 Å². The Morgan fingerprint density at radius 2 is 2.19 bits per heavy atom. The number of unbranched alkanes of at least 4 members (excludes halogenated alkanes) is 1. The lowest BCUT2D eigenvalue weighted by Crippen LogP contribution is -2.09. The van der Waals surface area contributed by atoms with Gasteiger partial charge in [0.25, 0.3) is 0 Å². The van der Waals surface area contributed by atoms with E-state index < -0.39 is 5.97 Å². The van der Waals surface area contributed by atoms with Crippen molar-refractivity contribution in [2.75, 3.05) is 19.0 Å². The highest BCUT2D eigenvalue weighted by Gasteiger charge is 2.12. The van der Waals surface area contributed by atoms with Crippen molar-refractivity contribution in [3.63, 3.8) is 0 Å². The third kappa shape index (κ3) is 4.47. The highest BCUT2D eigenvalue weighted by molar-refractivity contribution is 7.99. The number of imidazole rings is 1. The van der Waals surface area contributed by atoms with Gasteiger partial charge in [-0.15, -0.1) is 0 Å². The van der Waals surface area contributed by atoms with Gasteiger partial charge in [-0.2, -0.15) is 0 Å². The molecule has 114 valence electrons. The molecular weight excluding hydrogens is 288 g/mol. The topological polar surface area (TPSA) is 64.3 Å². The molecule has 1 aromatic carbocycles. The van der Waals surface area contributed by atoms with Crippen molar-refractivity contribution >= 4 is 28.8 Å². The molecule has 0 fully saturated rings. The molecule has 0 aliphatic heterocycles. The van der Waals surface area contributed by atoms with Crippen molar-refractivity contribution in [3.8, 4) is 0 Å². The first-order valence-corrected chi connectivity index (χ1v) is 8.08. The van der Waals surface area contributed by atoms with Crippen molar-refractivity contribution in [2.24, 2.45) is 0 Å². The second-order valence-electron chi connectivity index (χ2n) is 4.68. The Kier molecular flexibility index (Phi) is 6.07. The van der Waals surface area contributed by atoms with Gasteiger partial charge < -0.3 is 14.4 Å². The number of carbonyl (C=O) groups is 1. The molecule has 0 unspecified atom stereocenters. The average molecular weight is 308 g/mol. The number of aliphatic carboxylic acids is 1. The molecule has 21 heavy (non-hydrogen) atoms. The van der Waals surface area contributed by atoms with Crippen LogP contribution in [0.15, 0.2) is 29.4 Å². The average Bonchev–Trinajstić information content (AvgIpc) is 2.83. The quantitative estimate of drug-likeness (QED) is 0.570. The van der Waals surface area contributed by atoms with E-state index in [1.165, 1.54) is 11.8 Å². The Hall–Kier alpha value is -1.53. The Morgan fingerprint density at radius 1 is 1.38 bits per heavy atom. The van der Waals surface area contributed by atoms with Crippen LogP contribution in [0.25, 0.3) is 11.0 Å². The van der Waals surface area contributed by atoms with Gasteiger partial charge in [0.05, 0.1) is 23.4 Å². The maximum Gasteiger partial charge on any atom is 0.313 e. The van der Waals surface area contributed by atoms with Crippen LogP contribution in [0.3, 0.4) is 0 Å². The SMILES string of the molecule is CCCCOCCn1c(SCC(=O)O)nc2ccccc21. The summed E-state index contributed by atoms with van der Waals surface area (Å²) in [7, 11) is 0. The number of thioether (sulfide) groups is 1. The Labute approximate surface area is 128 Å². The Balaban J connectivity index is 2.09. The first-order chi connectivity index (χ1) is 10.2. The summed E-state index contributed by atoms with van der Waals surface area (Å²) in [6.07, 6.45) is 2.18. The maximum atomic E-state index is 10.7. The number of carboxylic acid groups (broad SMARTS) is 1. The van der Waals surface area contributed by atoms with Crippen LogP contribution in [0.5, 0.6) is 0 Å². The van der Waals surface area contributed by atoms with E-state index in [1.54, 1.807) is 0 Å². The van der Waals surface area contributed by atoms with Crippen LogP contribution in [0, 0.1) is 0 Å². The number of hydrogen-bond donors (Lipinski definition) is 1. The molecule has 0 aliphatic carbocycles. The molecule has 1 heterocycles. The molecule has 6 heteroatoms. The molecule has 0 radical (unpaired) electrons. The summed E-state index contributed by atoms with van der Waals surface area (Å²) < 4.78 is 7.64. The molecule has 0 spiro atoms. The van der Waals surface area contributed by atoms with Gasteiger partial charge in [-0.1, -0.05) is 37.2 Å². The van der Waals surface area contributed by atoms with E-state index in [0.29, 0.717) is 13.2 Å². The second kappa shape index (κ2) is 8.05. The fourth-order valence-corrected chi connectivity index (χ4v) is 2.77. The minimum absolute atomic E-state index is 0.0139. The zero-order valence-corrected chi connectivity index (χ0v) is 12.9. The van der Waals surface area contributed by atoms with Gasteiger partial charge in [-0.05, 0) is 18.6 Å². The zero-order chi connectivity index (χ0) is 15.1. The predicted molar refractivity (Wildman–Crippen MR) is 83.8 cm³/mol. The summed E-state index contributed by atoms with van der Waals surface area (Å²) in [4.78, 5) is 15.3. The van der Waals surface area contributed by atoms with Crippen molar-refractivity contribution in [1.29, 1.82) is 0 Å². The number of carboxylic acids is 1. The summed E-state index contributed by atoms with van der Waals surface area (Å²) in [6, 6.07) is 7.83. The van der Waals surface area contributed by atoms with E-state index in [-0.39, 0.29) is 5.75 Å². The van der Waals surface area contributed by atoms with E-state index in [2.05, 4.69) is 11.9 Å². The Morgan fingerprint density at radius 3 is 2.95 bits per heavy atom. The van der Waals surface area contributed by atoms with E-state index in [0.717, 1.165) is 35.6 Å². The summed E-state index contributed by atoms with van der Waals surface area (Å²) in [5.74, 6) is -0.821. The monoisotopic (exact) mass is 308 g/mol. The van der Waals surface area contributed by atoms with E-state index >= 15 is 0 Å². The van der Waals surface area contributed by atoms with E-state index in [9.17, 15) is 4.79 Å². The lowest BCUT2D eigenvalue weighted by Gasteiger charge is -2.09. The predicted octanol–water partition coefficient (Wildman–Crippen LogP) is 3.03. The molecule has 0 atom stereocenters. The normalized spacial score (nSPS) is 11.1. The fraction of sp³-hybridized carbons (Fsp3) is 0.467. The molecule has 0 aliphatic rings. The minimum Gasteiger partial charge on any atom is -0.481 e. The number of rotatable bonds is 9. The summed E-state index contributed by atoms with van der Waals surface area (Å²) >= 11 is 1.25. The van der Waals surface area contributed by atoms with Gasteiger partial charge >= 0.3 is 5.97 Å². The molecule has 2 rings (SSSR count). The molecule has 1 aromatic heterocycles. The van der Waals surface area contributed by atoms with Gasteiger partial charge in [-0.25, -0.2) is 4.98 Å². The van der Waals surface area contributed by atoms with E-state index in [4.69, 9.17) is 9.84 Å². The van der Waals surface area contributed by atoms with Gasteiger partial charge in [-0.3, -0.25) is 4.79 Å². The number of fused-ring (bicyclic) bond motifs is 1. The molecule has 0 amide bonds. The van der Waals surface area contributed by atoms with Crippen molar-refractivity contribution in [1.82, 2.24) is 9.55 Å². The smallest absolute Gasteiger partial charge is 0.313 e. The van der Waals surface area contributed by atoms with Gasteiger partial charge in [0.2, 0.25) is 0 Å². The van der Waals surface area contributed by atoms with Crippen molar-refractivity contribution in [2.45, 2.75) is 31.5 Å². The number of benzene rings is 1. The van der Waals surface area contributed by atoms with Crippen LogP contribution in [0.4, 0.5) is 0 Å². The van der Waals surface area contributed by atoms with Gasteiger partial charge in [0, 0.05) is 13.2 Å². The van der Waals surface area contributed by atoms with E-state index in [1.807, 2.05) is 28.8 Å². The highest BCUT2D eigenvalue weighted by Crippen LogP contribution is 2.23. The summed E-state index contributed by atoms with van der Waals surface area (Å²) in [5, 5.41) is 9.57. The third-order valence-electron chi connectivity index (χ3n) is 3.05. The number of ether oxygens (including phenoxy) is 1. The van der Waals surface area contributed by atoms with Crippen LogP contribution in [-0.4, -0.2) is 39.6 Å². The number of nitrogens with zero attached hydrogens (tertiary/aromatic N) is 2. The number of aromatic nitrogens is 2. The molecule has 0 saturated carbocycles. The van der Waals surface area contributed by atoms with Crippen LogP contribution >= 0.6 is 11.8 Å². The van der Waals surface area contributed by atoms with Gasteiger partial charge in [0.1, 0.15) is 0 Å². The van der Waals surface area contributed by atoms with Crippen LogP contribution in [0.2, 0.25) is 0 Å². The minimum atomic E-state index is -0.835. The maximum absolute atomic E-state index is 10.7. The lowest BCUT2D eigenvalue weighted by molar-refractivity contribution is -0.133. The molecule has 2 aromatic rings. The fourth-order valence-electron chi connectivity index (χ4n) is 2.01. The third-order valence-corrected chi connectivity index (χ3v) is 4.01. The molecule has 1 N–H and O–H groups in total. The van der Waals surface area contributed by atoms with Crippen LogP contribution in [0.1, 0.15) is 19.8 Å². The standard InChI is InChI=1S/C15H20N2O3S/c1-2-3-9-20-10-8-17-13-7-5-4-6-12(13)16-15(17)21-11-14(18)19/h4-7H,2-3,8-11H2,1H3,(H,18,19). The summed E-state index contributed by atoms with van der Waals surface area (Å²) in [5.41, 5.74) is 1.91. The van der Waals surface area contributed by atoms with Crippen LogP contribution < -0.4 is 0 Å². The first-order valence-electron chi connectivity index (χ1n) is 7.10. The molecule has 0 bridgehead atoms. The highest BCUT2D eigenvalue weighted by atomic mass is 32.2. The molecule has 5 nitrogen and oxygen atoms in total. The second-order valence-corrected chi connectivity index (χ2v) is 5.63. The lowest BCUT2D eigenvalue weighted by atomic mass is 10.3. The number of hydrogen-bond acceptors (Lipinski definition) is 4. The molecule has 0 saturated heterocycles. The largest absolute Gasteiger partial charge is 0.481 e. The molecular formula is C15H20N2O3S. The van der Waals surface area contributed by atoms with Gasteiger partial charge in [0.15, 0.2) is 5.16 Å².